The molecule has 0 spiro atoms. The largest absolute Gasteiger partial charge is 0.355 e. The van der Waals surface area contributed by atoms with Crippen molar-refractivity contribution in [2.45, 2.75) is 33.0 Å². The molecule has 4 aromatic rings. The van der Waals surface area contributed by atoms with Crippen molar-refractivity contribution >= 4 is 11.4 Å². The van der Waals surface area contributed by atoms with Crippen LogP contribution in [0.5, 0.6) is 0 Å². The Morgan fingerprint density at radius 1 is 0.667 bits per heavy atom. The number of hydrogen-bond donors (Lipinski definition) is 1. The van der Waals surface area contributed by atoms with Crippen molar-refractivity contribution in [1.29, 1.82) is 0 Å². The maximum atomic E-state index is 8.26. The third kappa shape index (κ3) is 2.93. The fourth-order valence-corrected chi connectivity index (χ4v) is 4.56. The van der Waals surface area contributed by atoms with Crippen LogP contribution in [0.3, 0.4) is 0 Å². The molecule has 0 bridgehead atoms. The number of hydrogen-bond acceptors (Lipinski definition) is 1. The number of rotatable bonds is 3. The summed E-state index contributed by atoms with van der Waals surface area (Å²) in [6.07, 6.45) is 0. The zero-order chi connectivity index (χ0) is 23.4. The number of fused-ring (bicyclic) bond motifs is 3. The topological polar surface area (TPSA) is 12.0 Å². The first-order valence-corrected chi connectivity index (χ1v) is 10.4. The first-order valence-electron chi connectivity index (χ1n) is 11.9. The van der Waals surface area contributed by atoms with E-state index in [9.17, 15) is 0 Å². The SMILES string of the molecule is [2H]C([2H])([2H])c1cc2c(cc1Nc1cc(-c3ccccc3)ccc1C)-c1ccccc1C2(C)C. The summed E-state index contributed by atoms with van der Waals surface area (Å²) in [6.45, 7) is 4.15. The normalized spacial score (nSPS) is 15.5. The predicted molar refractivity (Wildman–Crippen MR) is 129 cm³/mol. The molecule has 0 aromatic heterocycles. The monoisotopic (exact) mass is 392 g/mol. The molecule has 0 saturated carbocycles. The van der Waals surface area contributed by atoms with Crippen LogP contribution in [-0.2, 0) is 5.41 Å². The lowest BCUT2D eigenvalue weighted by molar-refractivity contribution is 0.660. The van der Waals surface area contributed by atoms with Crippen LogP contribution in [0.15, 0.2) is 84.9 Å². The number of benzene rings is 4. The van der Waals surface area contributed by atoms with Gasteiger partial charge >= 0.3 is 0 Å². The van der Waals surface area contributed by atoms with Gasteiger partial charge in [-0.1, -0.05) is 86.6 Å². The second-order valence-electron chi connectivity index (χ2n) is 8.63. The molecule has 0 radical (unpaired) electrons. The molecule has 5 rings (SSSR count). The van der Waals surface area contributed by atoms with Crippen molar-refractivity contribution in [3.63, 3.8) is 0 Å². The lowest BCUT2D eigenvalue weighted by atomic mass is 9.82. The van der Waals surface area contributed by atoms with Crippen molar-refractivity contribution in [2.24, 2.45) is 0 Å². The van der Waals surface area contributed by atoms with Crippen LogP contribution in [0.4, 0.5) is 11.4 Å². The van der Waals surface area contributed by atoms with Crippen LogP contribution in [0, 0.1) is 13.8 Å². The Morgan fingerprint density at radius 2 is 1.40 bits per heavy atom. The van der Waals surface area contributed by atoms with Gasteiger partial charge in [-0.25, -0.2) is 0 Å². The highest BCUT2D eigenvalue weighted by atomic mass is 14.9. The standard InChI is InChI=1S/C29H27N/c1-19-14-15-22(21-10-6-5-7-11-21)17-27(19)30-28-18-24-23-12-8-9-13-25(23)29(3,4)26(24)16-20(28)2/h5-18,30H,1-4H3/i2D3. The van der Waals surface area contributed by atoms with Crippen LogP contribution >= 0.6 is 0 Å². The minimum Gasteiger partial charge on any atom is -0.355 e. The smallest absolute Gasteiger partial charge is 0.0420 e. The van der Waals surface area contributed by atoms with E-state index in [1.54, 1.807) is 0 Å². The summed E-state index contributed by atoms with van der Waals surface area (Å²) in [5.41, 5.74) is 9.50. The van der Waals surface area contributed by atoms with Crippen molar-refractivity contribution in [3.8, 4) is 22.3 Å². The summed E-state index contributed by atoms with van der Waals surface area (Å²) in [4.78, 5) is 0. The van der Waals surface area contributed by atoms with Gasteiger partial charge in [0.25, 0.3) is 0 Å². The van der Waals surface area contributed by atoms with Crippen LogP contribution in [0.25, 0.3) is 22.3 Å². The van der Waals surface area contributed by atoms with E-state index in [1.807, 2.05) is 43.3 Å². The second-order valence-corrected chi connectivity index (χ2v) is 8.63. The Kier molecular flexibility index (Phi) is 3.56. The minimum atomic E-state index is -2.23. The van der Waals surface area contributed by atoms with Gasteiger partial charge in [0, 0.05) is 20.9 Å². The summed E-state index contributed by atoms with van der Waals surface area (Å²) < 4.78 is 24.8. The molecule has 0 unspecified atom stereocenters. The molecule has 0 saturated heterocycles. The van der Waals surface area contributed by atoms with E-state index in [2.05, 4.69) is 67.7 Å². The highest BCUT2D eigenvalue weighted by Gasteiger charge is 2.35. The molecular weight excluding hydrogens is 362 g/mol. The summed E-state index contributed by atoms with van der Waals surface area (Å²) in [6, 6.07) is 28.8. The number of nitrogens with one attached hydrogen (secondary N) is 1. The van der Waals surface area contributed by atoms with Crippen LogP contribution < -0.4 is 5.32 Å². The second kappa shape index (κ2) is 6.88. The van der Waals surface area contributed by atoms with E-state index < -0.39 is 6.85 Å². The molecule has 4 aromatic carbocycles. The van der Waals surface area contributed by atoms with Crippen LogP contribution in [0.2, 0.25) is 0 Å². The van der Waals surface area contributed by atoms with E-state index in [1.165, 1.54) is 11.1 Å². The molecule has 1 nitrogen and oxygen atoms in total. The summed E-state index contributed by atoms with van der Waals surface area (Å²) in [7, 11) is 0. The Bertz CT molecular complexity index is 1350. The zero-order valence-electron chi connectivity index (χ0n) is 20.6. The molecule has 1 aliphatic rings. The highest BCUT2D eigenvalue weighted by Crippen LogP contribution is 2.50. The Labute approximate surface area is 183 Å². The van der Waals surface area contributed by atoms with Gasteiger partial charge in [0.05, 0.1) is 0 Å². The minimum absolute atomic E-state index is 0.242. The fraction of sp³-hybridized carbons (Fsp3) is 0.172. The fourth-order valence-electron chi connectivity index (χ4n) is 4.56. The molecule has 0 amide bonds. The van der Waals surface area contributed by atoms with E-state index in [4.69, 9.17) is 4.11 Å². The van der Waals surface area contributed by atoms with Crippen molar-refractivity contribution < 1.29 is 4.11 Å². The van der Waals surface area contributed by atoms with E-state index in [-0.39, 0.29) is 5.41 Å². The molecule has 1 aliphatic carbocycles. The predicted octanol–water partition coefficient (Wildman–Crippen LogP) is 8.02. The van der Waals surface area contributed by atoms with Crippen LogP contribution in [0.1, 0.15) is 40.2 Å². The van der Waals surface area contributed by atoms with E-state index >= 15 is 0 Å². The van der Waals surface area contributed by atoms with Gasteiger partial charge in [-0.2, -0.15) is 0 Å². The van der Waals surface area contributed by atoms with Crippen molar-refractivity contribution in [2.75, 3.05) is 5.32 Å². The highest BCUT2D eigenvalue weighted by molar-refractivity contribution is 5.85. The van der Waals surface area contributed by atoms with Gasteiger partial charge in [0.2, 0.25) is 0 Å². The third-order valence-electron chi connectivity index (χ3n) is 6.34. The molecule has 1 N–H and O–H groups in total. The van der Waals surface area contributed by atoms with Crippen molar-refractivity contribution in [1.82, 2.24) is 0 Å². The van der Waals surface area contributed by atoms with Gasteiger partial charge in [-0.3, -0.25) is 0 Å². The number of aryl methyl sites for hydroxylation is 2. The maximum Gasteiger partial charge on any atom is 0.0420 e. The molecule has 1 heteroatoms. The molecule has 30 heavy (non-hydrogen) atoms. The van der Waals surface area contributed by atoms with Gasteiger partial charge < -0.3 is 5.32 Å². The molecule has 0 aliphatic heterocycles. The zero-order valence-corrected chi connectivity index (χ0v) is 17.6. The molecule has 0 heterocycles. The molecule has 0 fully saturated rings. The number of anilines is 2. The molecule has 0 atom stereocenters. The Morgan fingerprint density at radius 3 is 2.20 bits per heavy atom. The Hall–Kier alpha value is -3.32. The van der Waals surface area contributed by atoms with Crippen LogP contribution in [-0.4, -0.2) is 0 Å². The van der Waals surface area contributed by atoms with Crippen molar-refractivity contribution in [3.05, 3.63) is 107 Å². The first-order chi connectivity index (χ1) is 15.7. The lowest BCUT2D eigenvalue weighted by Crippen LogP contribution is -2.15. The quantitative estimate of drug-likeness (QED) is 0.372. The average Bonchev–Trinajstić information content (AvgIpc) is 3.01. The summed E-state index contributed by atoms with van der Waals surface area (Å²) >= 11 is 0. The first kappa shape index (κ1) is 15.5. The van der Waals surface area contributed by atoms with Gasteiger partial charge in [-0.15, -0.1) is 0 Å². The molecular formula is C29H27N. The van der Waals surface area contributed by atoms with E-state index in [0.717, 1.165) is 33.5 Å². The van der Waals surface area contributed by atoms with Gasteiger partial charge in [-0.05, 0) is 70.4 Å². The van der Waals surface area contributed by atoms with E-state index in [0.29, 0.717) is 11.3 Å². The lowest BCUT2D eigenvalue weighted by Gasteiger charge is -2.22. The third-order valence-corrected chi connectivity index (χ3v) is 6.34. The summed E-state index contributed by atoms with van der Waals surface area (Å²) in [5.74, 6) is 0. The molecule has 148 valence electrons. The Balaban J connectivity index is 1.66. The summed E-state index contributed by atoms with van der Waals surface area (Å²) in [5, 5.41) is 3.49. The maximum absolute atomic E-state index is 8.26. The average molecular weight is 393 g/mol. The van der Waals surface area contributed by atoms with Gasteiger partial charge in [0.15, 0.2) is 0 Å². The van der Waals surface area contributed by atoms with Gasteiger partial charge in [0.1, 0.15) is 0 Å².